The van der Waals surface area contributed by atoms with E-state index in [1.165, 1.54) is 22.1 Å². The number of nitrogens with zero attached hydrogens (tertiary/aromatic N) is 2. The van der Waals surface area contributed by atoms with E-state index >= 15 is 0 Å². The van der Waals surface area contributed by atoms with Gasteiger partial charge in [0.05, 0.1) is 6.04 Å². The zero-order valence-corrected chi connectivity index (χ0v) is 16.9. The summed E-state index contributed by atoms with van der Waals surface area (Å²) in [6, 6.07) is 9.59. The average molecular weight is 390 g/mol. The van der Waals surface area contributed by atoms with Crippen LogP contribution in [0.5, 0.6) is 0 Å². The minimum absolute atomic E-state index is 0.0415. The van der Waals surface area contributed by atoms with E-state index in [4.69, 9.17) is 0 Å². The molecule has 1 aromatic carbocycles. The Morgan fingerprint density at radius 2 is 1.96 bits per heavy atom. The molecule has 3 rings (SSSR count). The topological polar surface area (TPSA) is 71.4 Å². The second-order valence-corrected chi connectivity index (χ2v) is 8.82. The molecule has 1 unspecified atom stereocenters. The number of aryl methyl sites for hydroxylation is 2. The van der Waals surface area contributed by atoms with Gasteiger partial charge < -0.3 is 9.88 Å². The lowest BCUT2D eigenvalue weighted by Crippen LogP contribution is -2.32. The van der Waals surface area contributed by atoms with E-state index in [2.05, 4.69) is 17.4 Å². The number of rotatable bonds is 6. The fourth-order valence-corrected chi connectivity index (χ4v) is 5.28. The number of hydrogen-bond donors (Lipinski definition) is 1. The molecule has 2 aromatic rings. The Bertz CT molecular complexity index is 930. The number of carbonyl (C=O) groups is 1. The van der Waals surface area contributed by atoms with Gasteiger partial charge in [0.1, 0.15) is 10.6 Å². The van der Waals surface area contributed by atoms with Crippen LogP contribution in [0.2, 0.25) is 0 Å². The van der Waals surface area contributed by atoms with Crippen LogP contribution < -0.4 is 5.32 Å². The first kappa shape index (κ1) is 19.6. The van der Waals surface area contributed by atoms with Crippen molar-refractivity contribution in [3.63, 3.8) is 0 Å². The van der Waals surface area contributed by atoms with Crippen molar-refractivity contribution < 1.29 is 13.2 Å². The zero-order chi connectivity index (χ0) is 19.6. The highest BCUT2D eigenvalue weighted by molar-refractivity contribution is 7.89. The highest BCUT2D eigenvalue weighted by Gasteiger charge is 2.27. The number of nitrogens with one attached hydrogen (secondary N) is 1. The number of hydrogen-bond acceptors (Lipinski definition) is 3. The molecule has 1 aliphatic carbocycles. The third kappa shape index (κ3) is 3.80. The molecule has 0 aliphatic heterocycles. The normalized spacial score (nSPS) is 17.0. The van der Waals surface area contributed by atoms with E-state index in [1.807, 2.05) is 12.1 Å². The lowest BCUT2D eigenvalue weighted by atomic mass is 9.87. The van der Waals surface area contributed by atoms with Crippen LogP contribution in [-0.2, 0) is 23.5 Å². The minimum atomic E-state index is -3.59. The van der Waals surface area contributed by atoms with Crippen LogP contribution in [0, 0.1) is 0 Å². The summed E-state index contributed by atoms with van der Waals surface area (Å²) in [5.41, 5.74) is 2.77. The number of benzene rings is 1. The molecule has 1 aromatic heterocycles. The molecule has 146 valence electrons. The standard InChI is InChI=1S/C20H27N3O3S/c1-4-23(5-2)27(25,26)16-13-19(22(3)14-16)20(24)21-18-12-8-10-15-9-6-7-11-17(15)18/h6-7,9,11,13-14,18H,4-5,8,10,12H2,1-3H3,(H,21,24). The van der Waals surface area contributed by atoms with Crippen LogP contribution in [0.1, 0.15) is 54.3 Å². The minimum Gasteiger partial charge on any atom is -0.345 e. The van der Waals surface area contributed by atoms with Crippen LogP contribution >= 0.6 is 0 Å². The maximum atomic E-state index is 12.9. The van der Waals surface area contributed by atoms with Gasteiger partial charge in [0.15, 0.2) is 0 Å². The fraction of sp³-hybridized carbons (Fsp3) is 0.450. The van der Waals surface area contributed by atoms with E-state index < -0.39 is 10.0 Å². The summed E-state index contributed by atoms with van der Waals surface area (Å²) in [5, 5.41) is 3.09. The molecule has 0 saturated heterocycles. The predicted octanol–water partition coefficient (Wildman–Crippen LogP) is 2.86. The highest BCUT2D eigenvalue weighted by Crippen LogP contribution is 2.30. The third-order valence-corrected chi connectivity index (χ3v) is 7.25. The lowest BCUT2D eigenvalue weighted by Gasteiger charge is -2.26. The summed E-state index contributed by atoms with van der Waals surface area (Å²) in [6.45, 7) is 4.40. The van der Waals surface area contributed by atoms with Gasteiger partial charge in [0.2, 0.25) is 10.0 Å². The van der Waals surface area contributed by atoms with Gasteiger partial charge in [-0.1, -0.05) is 38.1 Å². The lowest BCUT2D eigenvalue weighted by molar-refractivity contribution is 0.0924. The Morgan fingerprint density at radius 3 is 2.67 bits per heavy atom. The number of fused-ring (bicyclic) bond motifs is 1. The molecule has 1 N–H and O–H groups in total. The number of amides is 1. The molecule has 1 heterocycles. The van der Waals surface area contributed by atoms with Crippen molar-refractivity contribution in [2.45, 2.75) is 44.0 Å². The summed E-state index contributed by atoms with van der Waals surface area (Å²) in [5.74, 6) is -0.250. The summed E-state index contributed by atoms with van der Waals surface area (Å²) < 4.78 is 28.4. The van der Waals surface area contributed by atoms with Crippen molar-refractivity contribution in [1.29, 1.82) is 0 Å². The second kappa shape index (κ2) is 7.86. The van der Waals surface area contributed by atoms with Gasteiger partial charge in [-0.15, -0.1) is 0 Å². The van der Waals surface area contributed by atoms with E-state index in [0.717, 1.165) is 24.8 Å². The van der Waals surface area contributed by atoms with Gasteiger partial charge in [-0.3, -0.25) is 4.79 Å². The van der Waals surface area contributed by atoms with Crippen molar-refractivity contribution in [2.75, 3.05) is 13.1 Å². The van der Waals surface area contributed by atoms with Gasteiger partial charge in [0, 0.05) is 26.3 Å². The monoisotopic (exact) mass is 389 g/mol. The summed E-state index contributed by atoms with van der Waals surface area (Å²) in [7, 11) is -1.89. The molecule has 7 heteroatoms. The van der Waals surface area contributed by atoms with Crippen LogP contribution in [0.3, 0.4) is 0 Å². The third-order valence-electron chi connectivity index (χ3n) is 5.23. The number of sulfonamides is 1. The molecule has 0 saturated carbocycles. The van der Waals surface area contributed by atoms with Crippen molar-refractivity contribution >= 4 is 15.9 Å². The Labute approximate surface area is 161 Å². The van der Waals surface area contributed by atoms with Crippen LogP contribution in [0.4, 0.5) is 0 Å². The molecule has 1 amide bonds. The van der Waals surface area contributed by atoms with Crippen molar-refractivity contribution in [2.24, 2.45) is 7.05 Å². The molecule has 1 atom stereocenters. The first-order chi connectivity index (χ1) is 12.9. The Kier molecular flexibility index (Phi) is 5.72. The van der Waals surface area contributed by atoms with Gasteiger partial charge in [0.25, 0.3) is 5.91 Å². The quantitative estimate of drug-likeness (QED) is 0.826. The maximum absolute atomic E-state index is 12.9. The molecule has 1 aliphatic rings. The van der Waals surface area contributed by atoms with Crippen molar-refractivity contribution in [1.82, 2.24) is 14.2 Å². The van der Waals surface area contributed by atoms with E-state index in [-0.39, 0.29) is 16.8 Å². The van der Waals surface area contributed by atoms with E-state index in [1.54, 1.807) is 25.5 Å². The molecule has 0 fully saturated rings. The maximum Gasteiger partial charge on any atom is 0.268 e. The van der Waals surface area contributed by atoms with Crippen LogP contribution in [0.15, 0.2) is 41.4 Å². The molecule has 0 spiro atoms. The average Bonchev–Trinajstić information content (AvgIpc) is 3.05. The molecular formula is C20H27N3O3S. The summed E-state index contributed by atoms with van der Waals surface area (Å²) >= 11 is 0. The molecular weight excluding hydrogens is 362 g/mol. The van der Waals surface area contributed by atoms with Gasteiger partial charge in [-0.05, 0) is 36.5 Å². The Morgan fingerprint density at radius 1 is 1.26 bits per heavy atom. The summed E-state index contributed by atoms with van der Waals surface area (Å²) in [4.78, 5) is 13.0. The molecule has 6 nitrogen and oxygen atoms in total. The SMILES string of the molecule is CCN(CC)S(=O)(=O)c1cc(C(=O)NC2CCCc3ccccc32)n(C)c1. The highest BCUT2D eigenvalue weighted by atomic mass is 32.2. The van der Waals surface area contributed by atoms with Crippen molar-refractivity contribution in [3.8, 4) is 0 Å². The molecule has 0 bridgehead atoms. The number of aromatic nitrogens is 1. The van der Waals surface area contributed by atoms with Gasteiger partial charge in [-0.2, -0.15) is 4.31 Å². The largest absolute Gasteiger partial charge is 0.345 e. The molecule has 0 radical (unpaired) electrons. The smallest absolute Gasteiger partial charge is 0.268 e. The first-order valence-corrected chi connectivity index (χ1v) is 10.9. The summed E-state index contributed by atoms with van der Waals surface area (Å²) in [6.07, 6.45) is 4.45. The van der Waals surface area contributed by atoms with Gasteiger partial charge in [-0.25, -0.2) is 8.42 Å². The first-order valence-electron chi connectivity index (χ1n) is 9.43. The van der Waals surface area contributed by atoms with Crippen LogP contribution in [0.25, 0.3) is 0 Å². The Balaban J connectivity index is 1.84. The fourth-order valence-electron chi connectivity index (χ4n) is 3.75. The van der Waals surface area contributed by atoms with Crippen molar-refractivity contribution in [3.05, 3.63) is 53.3 Å². The number of carbonyl (C=O) groups excluding carboxylic acids is 1. The second-order valence-electron chi connectivity index (χ2n) is 6.88. The zero-order valence-electron chi connectivity index (χ0n) is 16.1. The predicted molar refractivity (Wildman–Crippen MR) is 105 cm³/mol. The Hall–Kier alpha value is -2.12. The molecule has 27 heavy (non-hydrogen) atoms. The van der Waals surface area contributed by atoms with Crippen LogP contribution in [-0.4, -0.2) is 36.3 Å². The van der Waals surface area contributed by atoms with E-state index in [9.17, 15) is 13.2 Å². The van der Waals surface area contributed by atoms with E-state index in [0.29, 0.717) is 18.8 Å². The van der Waals surface area contributed by atoms with Gasteiger partial charge >= 0.3 is 0 Å².